The van der Waals surface area contributed by atoms with Crippen LogP contribution >= 0.6 is 11.6 Å². The molecule has 0 amide bonds. The van der Waals surface area contributed by atoms with E-state index in [9.17, 15) is 10.2 Å². The molecular formula is C15H21ClO2. The maximum atomic E-state index is 10.4. The molecule has 3 heteroatoms. The Morgan fingerprint density at radius 3 is 2.44 bits per heavy atom. The van der Waals surface area contributed by atoms with E-state index in [1.165, 1.54) is 5.56 Å². The Kier molecular flexibility index (Phi) is 3.37. The molecule has 2 N–H and O–H groups in total. The van der Waals surface area contributed by atoms with Crippen molar-refractivity contribution >= 4 is 11.6 Å². The van der Waals surface area contributed by atoms with E-state index < -0.39 is 6.10 Å². The number of phenols is 1. The summed E-state index contributed by atoms with van der Waals surface area (Å²) in [5.74, 6) is 0.806. The molecule has 1 aliphatic rings. The van der Waals surface area contributed by atoms with Crippen molar-refractivity contribution in [2.75, 3.05) is 5.88 Å². The highest BCUT2D eigenvalue weighted by Gasteiger charge is 2.41. The second-order valence-electron chi connectivity index (χ2n) is 5.98. The highest BCUT2D eigenvalue weighted by molar-refractivity contribution is 6.18. The van der Waals surface area contributed by atoms with Crippen molar-refractivity contribution in [3.63, 3.8) is 0 Å². The fourth-order valence-corrected chi connectivity index (χ4v) is 3.28. The van der Waals surface area contributed by atoms with Crippen LogP contribution in [-0.2, 0) is 12.8 Å². The summed E-state index contributed by atoms with van der Waals surface area (Å²) in [6.45, 7) is 8.05. The quantitative estimate of drug-likeness (QED) is 0.807. The SMILES string of the molecule is Cc1c(O)c2c(c(C)c1CCCl)CC(C)(C)C2O. The molecule has 1 unspecified atom stereocenters. The van der Waals surface area contributed by atoms with Gasteiger partial charge in [0.15, 0.2) is 0 Å². The number of hydrogen-bond acceptors (Lipinski definition) is 2. The first kappa shape index (κ1) is 13.7. The van der Waals surface area contributed by atoms with E-state index in [1.54, 1.807) is 0 Å². The van der Waals surface area contributed by atoms with Crippen molar-refractivity contribution in [2.24, 2.45) is 5.41 Å². The first-order valence-electron chi connectivity index (χ1n) is 6.39. The van der Waals surface area contributed by atoms with Crippen molar-refractivity contribution in [2.45, 2.75) is 46.6 Å². The summed E-state index contributed by atoms with van der Waals surface area (Å²) in [7, 11) is 0. The van der Waals surface area contributed by atoms with E-state index >= 15 is 0 Å². The molecule has 0 aliphatic heterocycles. The predicted molar refractivity (Wildman–Crippen MR) is 74.4 cm³/mol. The number of phenolic OH excluding ortho intramolecular Hbond substituents is 1. The third kappa shape index (κ3) is 1.83. The van der Waals surface area contributed by atoms with Gasteiger partial charge >= 0.3 is 0 Å². The van der Waals surface area contributed by atoms with Gasteiger partial charge in [-0.05, 0) is 54.4 Å². The maximum Gasteiger partial charge on any atom is 0.124 e. The maximum absolute atomic E-state index is 10.4. The molecule has 0 heterocycles. The smallest absolute Gasteiger partial charge is 0.124 e. The Morgan fingerprint density at radius 2 is 1.89 bits per heavy atom. The molecule has 2 rings (SSSR count). The molecule has 0 saturated carbocycles. The number of fused-ring (bicyclic) bond motifs is 1. The Morgan fingerprint density at radius 1 is 1.28 bits per heavy atom. The molecule has 0 fully saturated rings. The van der Waals surface area contributed by atoms with E-state index in [2.05, 4.69) is 6.92 Å². The van der Waals surface area contributed by atoms with Crippen LogP contribution in [0.15, 0.2) is 0 Å². The average Bonchev–Trinajstić information content (AvgIpc) is 2.54. The summed E-state index contributed by atoms with van der Waals surface area (Å²) in [5.41, 5.74) is 4.81. The zero-order valence-corrected chi connectivity index (χ0v) is 12.2. The largest absolute Gasteiger partial charge is 0.507 e. The zero-order chi connectivity index (χ0) is 13.7. The van der Waals surface area contributed by atoms with Crippen LogP contribution < -0.4 is 0 Å². The van der Waals surface area contributed by atoms with Crippen LogP contribution in [0.25, 0.3) is 0 Å². The first-order valence-corrected chi connectivity index (χ1v) is 6.92. The van der Waals surface area contributed by atoms with Gasteiger partial charge in [0.25, 0.3) is 0 Å². The number of alkyl halides is 1. The number of benzene rings is 1. The van der Waals surface area contributed by atoms with Gasteiger partial charge in [0.2, 0.25) is 0 Å². The van der Waals surface area contributed by atoms with E-state index in [0.717, 1.165) is 35.1 Å². The Hall–Kier alpha value is -0.730. The van der Waals surface area contributed by atoms with Crippen molar-refractivity contribution in [1.29, 1.82) is 0 Å². The van der Waals surface area contributed by atoms with Gasteiger partial charge in [-0.3, -0.25) is 0 Å². The highest BCUT2D eigenvalue weighted by atomic mass is 35.5. The number of aliphatic hydroxyl groups excluding tert-OH is 1. The molecule has 2 nitrogen and oxygen atoms in total. The average molecular weight is 269 g/mol. The Labute approximate surface area is 114 Å². The van der Waals surface area contributed by atoms with Crippen LogP contribution in [0.3, 0.4) is 0 Å². The summed E-state index contributed by atoms with van der Waals surface area (Å²) in [6.07, 6.45) is 0.977. The summed E-state index contributed by atoms with van der Waals surface area (Å²) < 4.78 is 0. The second kappa shape index (κ2) is 4.43. The van der Waals surface area contributed by atoms with Gasteiger partial charge in [-0.25, -0.2) is 0 Å². The number of rotatable bonds is 2. The van der Waals surface area contributed by atoms with Gasteiger partial charge in [-0.2, -0.15) is 0 Å². The number of aromatic hydroxyl groups is 1. The molecule has 18 heavy (non-hydrogen) atoms. The van der Waals surface area contributed by atoms with Crippen LogP contribution in [0.2, 0.25) is 0 Å². The lowest BCUT2D eigenvalue weighted by molar-refractivity contribution is 0.0648. The van der Waals surface area contributed by atoms with Crippen molar-refractivity contribution in [3.8, 4) is 5.75 Å². The molecule has 100 valence electrons. The third-order valence-corrected chi connectivity index (χ3v) is 4.47. The molecule has 0 spiro atoms. The van der Waals surface area contributed by atoms with Crippen molar-refractivity contribution in [1.82, 2.24) is 0 Å². The summed E-state index contributed by atoms with van der Waals surface area (Å²) >= 11 is 5.84. The third-order valence-electron chi connectivity index (χ3n) is 4.28. The molecule has 1 atom stereocenters. The summed E-state index contributed by atoms with van der Waals surface area (Å²) in [5, 5.41) is 20.7. The molecule has 0 aromatic heterocycles. The van der Waals surface area contributed by atoms with Crippen LogP contribution in [0.5, 0.6) is 5.75 Å². The lowest BCUT2D eigenvalue weighted by Gasteiger charge is -2.22. The number of hydrogen-bond donors (Lipinski definition) is 2. The van der Waals surface area contributed by atoms with Crippen LogP contribution in [-0.4, -0.2) is 16.1 Å². The Balaban J connectivity index is 2.68. The van der Waals surface area contributed by atoms with Gasteiger partial charge in [0.05, 0.1) is 6.10 Å². The monoisotopic (exact) mass is 268 g/mol. The fourth-order valence-electron chi connectivity index (χ4n) is 3.09. The second-order valence-corrected chi connectivity index (χ2v) is 6.35. The van der Waals surface area contributed by atoms with Gasteiger partial charge in [0.1, 0.15) is 5.75 Å². The Bertz CT molecular complexity index is 492. The molecule has 1 aromatic carbocycles. The van der Waals surface area contributed by atoms with Crippen LogP contribution in [0.4, 0.5) is 0 Å². The summed E-state index contributed by atoms with van der Waals surface area (Å²) in [4.78, 5) is 0. The molecule has 1 aromatic rings. The molecule has 1 aliphatic carbocycles. The van der Waals surface area contributed by atoms with E-state index in [1.807, 2.05) is 20.8 Å². The van der Waals surface area contributed by atoms with E-state index in [-0.39, 0.29) is 11.2 Å². The fraction of sp³-hybridized carbons (Fsp3) is 0.600. The minimum absolute atomic E-state index is 0.212. The standard InChI is InChI=1S/C15H21ClO2/c1-8-10(5-6-16)9(2)13(17)12-11(8)7-15(3,4)14(12)18/h14,17-18H,5-7H2,1-4H3. The van der Waals surface area contributed by atoms with Crippen LogP contribution in [0.1, 0.15) is 47.8 Å². The minimum atomic E-state index is -0.588. The van der Waals surface area contributed by atoms with Gasteiger partial charge in [-0.15, -0.1) is 11.6 Å². The van der Waals surface area contributed by atoms with Crippen molar-refractivity contribution < 1.29 is 10.2 Å². The van der Waals surface area contributed by atoms with Crippen molar-refractivity contribution in [3.05, 3.63) is 27.8 Å². The highest BCUT2D eigenvalue weighted by Crippen LogP contribution is 2.51. The van der Waals surface area contributed by atoms with Gasteiger partial charge in [0, 0.05) is 11.4 Å². The predicted octanol–water partition coefficient (Wildman–Crippen LogP) is 3.41. The topological polar surface area (TPSA) is 40.5 Å². The van der Waals surface area contributed by atoms with Crippen LogP contribution in [0, 0.1) is 19.3 Å². The number of halogens is 1. The normalized spacial score (nSPS) is 21.1. The van der Waals surface area contributed by atoms with E-state index in [4.69, 9.17) is 11.6 Å². The molecule has 0 bridgehead atoms. The van der Waals surface area contributed by atoms with Gasteiger partial charge < -0.3 is 10.2 Å². The lowest BCUT2D eigenvalue weighted by atomic mass is 9.87. The molecule has 0 saturated heterocycles. The molecule has 0 radical (unpaired) electrons. The zero-order valence-electron chi connectivity index (χ0n) is 11.5. The summed E-state index contributed by atoms with van der Waals surface area (Å²) in [6, 6.07) is 0. The lowest BCUT2D eigenvalue weighted by Crippen LogP contribution is -2.16. The molecular weight excluding hydrogens is 248 g/mol. The van der Waals surface area contributed by atoms with E-state index in [0.29, 0.717) is 5.88 Å². The number of aliphatic hydroxyl groups is 1. The minimum Gasteiger partial charge on any atom is -0.507 e. The van der Waals surface area contributed by atoms with Gasteiger partial charge in [-0.1, -0.05) is 13.8 Å². The first-order chi connectivity index (χ1) is 8.31.